The van der Waals surface area contributed by atoms with Crippen molar-refractivity contribution in [3.05, 3.63) is 12.0 Å². The van der Waals surface area contributed by atoms with Gasteiger partial charge in [-0.05, 0) is 6.92 Å². The van der Waals surface area contributed by atoms with Crippen LogP contribution in [0.5, 0.6) is 0 Å². The van der Waals surface area contributed by atoms with E-state index in [2.05, 4.69) is 20.3 Å². The quantitative estimate of drug-likeness (QED) is 0.460. The molecule has 0 radical (unpaired) electrons. The van der Waals surface area contributed by atoms with E-state index in [0.29, 0.717) is 6.61 Å². The zero-order valence-electron chi connectivity index (χ0n) is 8.89. The number of aromatic amines is 1. The third-order valence-electron chi connectivity index (χ3n) is 1.42. The van der Waals surface area contributed by atoms with Gasteiger partial charge in [-0.15, -0.1) is 5.11 Å². The summed E-state index contributed by atoms with van der Waals surface area (Å²) in [6, 6.07) is 0. The second-order valence-electron chi connectivity index (χ2n) is 2.86. The van der Waals surface area contributed by atoms with Crippen molar-refractivity contribution < 1.29 is 9.53 Å². The predicted octanol–water partition coefficient (Wildman–Crippen LogP) is 1.15. The smallest absolute Gasteiger partial charge is 0.358 e. The summed E-state index contributed by atoms with van der Waals surface area (Å²) in [6.45, 7) is 2.04. The zero-order chi connectivity index (χ0) is 11.3. The van der Waals surface area contributed by atoms with E-state index in [-0.39, 0.29) is 11.5 Å². The minimum atomic E-state index is -0.484. The molecule has 0 saturated heterocycles. The van der Waals surface area contributed by atoms with Gasteiger partial charge in [-0.3, -0.25) is 5.01 Å². The Labute approximate surface area is 87.1 Å². The lowest BCUT2D eigenvalue weighted by Gasteiger charge is -2.00. The summed E-state index contributed by atoms with van der Waals surface area (Å²) < 4.78 is 4.81. The van der Waals surface area contributed by atoms with Crippen molar-refractivity contribution in [2.45, 2.75) is 6.92 Å². The van der Waals surface area contributed by atoms with E-state index in [1.165, 1.54) is 11.3 Å². The number of hydrogen-bond donors (Lipinski definition) is 1. The minimum absolute atomic E-state index is 0.211. The first-order valence-electron chi connectivity index (χ1n) is 4.44. The Morgan fingerprint density at radius 2 is 2.40 bits per heavy atom. The lowest BCUT2D eigenvalue weighted by Crippen LogP contribution is -2.05. The van der Waals surface area contributed by atoms with Crippen LogP contribution in [0.1, 0.15) is 17.4 Å². The maximum atomic E-state index is 11.4. The van der Waals surface area contributed by atoms with Gasteiger partial charge >= 0.3 is 5.97 Å². The lowest BCUT2D eigenvalue weighted by molar-refractivity contribution is 0.0521. The van der Waals surface area contributed by atoms with Gasteiger partial charge in [-0.25, -0.2) is 9.78 Å². The van der Waals surface area contributed by atoms with E-state index in [4.69, 9.17) is 4.74 Å². The number of esters is 1. The van der Waals surface area contributed by atoms with Crippen molar-refractivity contribution in [2.75, 3.05) is 20.7 Å². The van der Waals surface area contributed by atoms with Crippen molar-refractivity contribution in [2.24, 2.45) is 10.3 Å². The van der Waals surface area contributed by atoms with Crippen molar-refractivity contribution in [1.82, 2.24) is 15.0 Å². The van der Waals surface area contributed by atoms with Crippen LogP contribution in [0, 0.1) is 0 Å². The van der Waals surface area contributed by atoms with E-state index in [1.54, 1.807) is 21.0 Å². The molecule has 0 amide bonds. The summed E-state index contributed by atoms with van der Waals surface area (Å²) in [5.41, 5.74) is 0.211. The van der Waals surface area contributed by atoms with Crippen molar-refractivity contribution in [1.29, 1.82) is 0 Å². The standard InChI is InChI=1S/C8H13N5O2/c1-4-15-8(14)6-7(10-5-9-6)11-12-13(2)3/h5H,4H2,1-3H3,(H,9,10)/b12-11+. The summed E-state index contributed by atoms with van der Waals surface area (Å²) in [6.07, 6.45) is 1.37. The van der Waals surface area contributed by atoms with Gasteiger partial charge in [0.05, 0.1) is 12.9 Å². The molecule has 7 nitrogen and oxygen atoms in total. The molecule has 0 aliphatic rings. The van der Waals surface area contributed by atoms with Crippen LogP contribution in [0.3, 0.4) is 0 Å². The molecule has 0 unspecified atom stereocenters. The van der Waals surface area contributed by atoms with Crippen LogP contribution in [0.4, 0.5) is 5.82 Å². The second-order valence-corrected chi connectivity index (χ2v) is 2.86. The average Bonchev–Trinajstić information content (AvgIpc) is 2.62. The van der Waals surface area contributed by atoms with E-state index in [0.717, 1.165) is 0 Å². The van der Waals surface area contributed by atoms with E-state index in [9.17, 15) is 4.79 Å². The minimum Gasteiger partial charge on any atom is -0.461 e. The molecule has 1 heterocycles. The zero-order valence-corrected chi connectivity index (χ0v) is 8.89. The van der Waals surface area contributed by atoms with Crippen LogP contribution >= 0.6 is 0 Å². The average molecular weight is 211 g/mol. The normalized spacial score (nSPS) is 10.6. The Morgan fingerprint density at radius 1 is 1.67 bits per heavy atom. The fraction of sp³-hybridized carbons (Fsp3) is 0.500. The maximum Gasteiger partial charge on any atom is 0.358 e. The summed E-state index contributed by atoms with van der Waals surface area (Å²) >= 11 is 0. The van der Waals surface area contributed by atoms with E-state index < -0.39 is 5.97 Å². The van der Waals surface area contributed by atoms with Crippen molar-refractivity contribution >= 4 is 11.8 Å². The van der Waals surface area contributed by atoms with Crippen molar-refractivity contribution in [3.8, 4) is 0 Å². The molecule has 1 rings (SSSR count). The fourth-order valence-electron chi connectivity index (χ4n) is 0.848. The predicted molar refractivity (Wildman–Crippen MR) is 52.7 cm³/mol. The third-order valence-corrected chi connectivity index (χ3v) is 1.42. The monoisotopic (exact) mass is 211 g/mol. The molecule has 82 valence electrons. The molecule has 1 N–H and O–H groups in total. The molecular formula is C8H13N5O2. The van der Waals surface area contributed by atoms with Gasteiger partial charge in [0.2, 0.25) is 5.82 Å². The van der Waals surface area contributed by atoms with Gasteiger partial charge in [0.1, 0.15) is 0 Å². The SMILES string of the molecule is CCOC(=O)c1[nH]cnc1/N=N/N(C)C. The van der Waals surface area contributed by atoms with Crippen LogP contribution in [0.2, 0.25) is 0 Å². The number of aromatic nitrogens is 2. The van der Waals surface area contributed by atoms with Crippen LogP contribution in [-0.4, -0.2) is 41.6 Å². The van der Waals surface area contributed by atoms with E-state index in [1.807, 2.05) is 0 Å². The number of hydrogen-bond acceptors (Lipinski definition) is 5. The Hall–Kier alpha value is -1.92. The molecule has 15 heavy (non-hydrogen) atoms. The van der Waals surface area contributed by atoms with Gasteiger partial charge in [-0.1, -0.05) is 5.22 Å². The van der Waals surface area contributed by atoms with Crippen molar-refractivity contribution in [3.63, 3.8) is 0 Å². The van der Waals surface area contributed by atoms with Crippen LogP contribution in [-0.2, 0) is 4.74 Å². The molecule has 1 aromatic heterocycles. The highest BCUT2D eigenvalue weighted by molar-refractivity contribution is 5.91. The number of ether oxygens (including phenoxy) is 1. The van der Waals surface area contributed by atoms with Crippen LogP contribution in [0.25, 0.3) is 0 Å². The molecule has 0 aliphatic carbocycles. The molecule has 7 heteroatoms. The molecule has 0 aliphatic heterocycles. The summed E-state index contributed by atoms with van der Waals surface area (Å²) in [4.78, 5) is 17.9. The fourth-order valence-corrected chi connectivity index (χ4v) is 0.848. The Morgan fingerprint density at radius 3 is 3.00 bits per heavy atom. The number of carbonyl (C=O) groups excluding carboxylic acids is 1. The van der Waals surface area contributed by atoms with Gasteiger partial charge in [-0.2, -0.15) is 0 Å². The summed E-state index contributed by atoms with van der Waals surface area (Å²) in [5, 5.41) is 9.02. The molecule has 0 saturated carbocycles. The summed E-state index contributed by atoms with van der Waals surface area (Å²) in [5.74, 6) is -0.259. The number of nitrogens with zero attached hydrogens (tertiary/aromatic N) is 4. The molecule has 0 fully saturated rings. The van der Waals surface area contributed by atoms with Gasteiger partial charge < -0.3 is 9.72 Å². The first-order valence-corrected chi connectivity index (χ1v) is 4.44. The first-order chi connectivity index (χ1) is 7.15. The molecule has 0 aromatic carbocycles. The molecular weight excluding hydrogens is 198 g/mol. The molecule has 1 aromatic rings. The Balaban J connectivity index is 2.82. The second kappa shape index (κ2) is 5.08. The molecule has 0 spiro atoms. The lowest BCUT2D eigenvalue weighted by atomic mass is 10.4. The number of imidazole rings is 1. The number of H-pyrrole nitrogens is 1. The number of carbonyl (C=O) groups is 1. The van der Waals surface area contributed by atoms with Gasteiger partial charge in [0, 0.05) is 14.1 Å². The van der Waals surface area contributed by atoms with E-state index >= 15 is 0 Å². The van der Waals surface area contributed by atoms with Crippen LogP contribution in [0.15, 0.2) is 16.7 Å². The Bertz CT molecular complexity index is 358. The Kier molecular flexibility index (Phi) is 3.78. The van der Waals surface area contributed by atoms with Crippen LogP contribution < -0.4 is 0 Å². The van der Waals surface area contributed by atoms with Gasteiger partial charge in [0.15, 0.2) is 5.69 Å². The third kappa shape index (κ3) is 3.04. The topological polar surface area (TPSA) is 82.9 Å². The molecule has 0 bridgehead atoms. The largest absolute Gasteiger partial charge is 0.461 e. The maximum absolute atomic E-state index is 11.4. The number of nitrogens with one attached hydrogen (secondary N) is 1. The highest BCUT2D eigenvalue weighted by Crippen LogP contribution is 2.15. The highest BCUT2D eigenvalue weighted by atomic mass is 16.5. The molecule has 0 atom stereocenters. The highest BCUT2D eigenvalue weighted by Gasteiger charge is 2.14. The number of rotatable bonds is 4. The van der Waals surface area contributed by atoms with Gasteiger partial charge in [0.25, 0.3) is 0 Å². The first kappa shape index (κ1) is 11.2. The summed E-state index contributed by atoms with van der Waals surface area (Å²) in [7, 11) is 3.44.